The van der Waals surface area contributed by atoms with Gasteiger partial charge in [-0.1, -0.05) is 11.6 Å². The van der Waals surface area contributed by atoms with Gasteiger partial charge < -0.3 is 5.73 Å². The van der Waals surface area contributed by atoms with Crippen LogP contribution in [0, 0.1) is 0 Å². The molecule has 0 bridgehead atoms. The third-order valence-corrected chi connectivity index (χ3v) is 6.21. The number of sulfonamides is 1. The van der Waals surface area contributed by atoms with Crippen LogP contribution in [0.2, 0.25) is 0 Å². The SMILES string of the molecule is CC(N)C1CCCCN1S(=O)(=O)c1c(Br)nnn1C. The second-order valence-corrected chi connectivity index (χ2v) is 7.40. The predicted molar refractivity (Wildman–Crippen MR) is 73.9 cm³/mol. The van der Waals surface area contributed by atoms with Gasteiger partial charge in [0.05, 0.1) is 0 Å². The Bertz CT molecular complexity index is 537. The maximum atomic E-state index is 12.7. The zero-order valence-electron chi connectivity index (χ0n) is 11.0. The summed E-state index contributed by atoms with van der Waals surface area (Å²) in [6.07, 6.45) is 2.65. The second kappa shape index (κ2) is 5.47. The van der Waals surface area contributed by atoms with Crippen molar-refractivity contribution in [1.29, 1.82) is 0 Å². The van der Waals surface area contributed by atoms with Crippen LogP contribution < -0.4 is 5.73 Å². The van der Waals surface area contributed by atoms with Crippen LogP contribution in [0.4, 0.5) is 0 Å². The Morgan fingerprint density at radius 3 is 2.68 bits per heavy atom. The number of aryl methyl sites for hydroxylation is 1. The molecule has 1 aromatic rings. The van der Waals surface area contributed by atoms with Gasteiger partial charge in [-0.05, 0) is 35.7 Å². The third-order valence-electron chi connectivity index (χ3n) is 3.40. The number of halogens is 1. The van der Waals surface area contributed by atoms with Crippen LogP contribution in [-0.4, -0.2) is 46.3 Å². The largest absolute Gasteiger partial charge is 0.326 e. The minimum atomic E-state index is -3.63. The number of nitrogens with zero attached hydrogens (tertiary/aromatic N) is 4. The Balaban J connectivity index is 2.43. The standard InChI is InChI=1S/C10H18BrN5O2S/c1-7(12)8-5-3-4-6-16(8)19(17,18)10-9(11)13-14-15(10)2/h7-8H,3-6,12H2,1-2H3. The lowest BCUT2D eigenvalue weighted by atomic mass is 10.00. The molecule has 2 heterocycles. The summed E-state index contributed by atoms with van der Waals surface area (Å²) < 4.78 is 28.5. The van der Waals surface area contributed by atoms with E-state index in [2.05, 4.69) is 26.2 Å². The van der Waals surface area contributed by atoms with Crippen LogP contribution in [0.15, 0.2) is 9.63 Å². The Morgan fingerprint density at radius 1 is 1.47 bits per heavy atom. The predicted octanol–water partition coefficient (Wildman–Crippen LogP) is 0.468. The highest BCUT2D eigenvalue weighted by atomic mass is 79.9. The Morgan fingerprint density at radius 2 is 2.16 bits per heavy atom. The highest BCUT2D eigenvalue weighted by Crippen LogP contribution is 2.29. The van der Waals surface area contributed by atoms with Gasteiger partial charge in [-0.2, -0.15) is 4.31 Å². The van der Waals surface area contributed by atoms with E-state index in [1.807, 2.05) is 6.92 Å². The number of rotatable bonds is 3. The molecule has 19 heavy (non-hydrogen) atoms. The summed E-state index contributed by atoms with van der Waals surface area (Å²) in [6, 6.07) is -0.365. The van der Waals surface area contributed by atoms with Crippen LogP contribution in [0.25, 0.3) is 0 Å². The van der Waals surface area contributed by atoms with E-state index in [4.69, 9.17) is 5.73 Å². The molecular weight excluding hydrogens is 334 g/mol. The molecule has 9 heteroatoms. The van der Waals surface area contributed by atoms with E-state index < -0.39 is 10.0 Å². The van der Waals surface area contributed by atoms with Crippen molar-refractivity contribution in [2.75, 3.05) is 6.54 Å². The number of nitrogens with two attached hydrogens (primary N) is 1. The molecule has 108 valence electrons. The fourth-order valence-corrected chi connectivity index (χ4v) is 5.27. The van der Waals surface area contributed by atoms with Gasteiger partial charge in [0.15, 0.2) is 4.60 Å². The van der Waals surface area contributed by atoms with E-state index in [0.29, 0.717) is 6.54 Å². The van der Waals surface area contributed by atoms with Crippen molar-refractivity contribution in [2.24, 2.45) is 12.8 Å². The highest BCUT2D eigenvalue weighted by Gasteiger charge is 2.38. The minimum absolute atomic E-state index is 0.0834. The van der Waals surface area contributed by atoms with E-state index in [1.54, 1.807) is 7.05 Å². The maximum absolute atomic E-state index is 12.7. The fourth-order valence-electron chi connectivity index (χ4n) is 2.46. The number of hydrogen-bond donors (Lipinski definition) is 1. The summed E-state index contributed by atoms with van der Waals surface area (Å²) in [5, 5.41) is 7.55. The average Bonchev–Trinajstić information content (AvgIpc) is 2.69. The zero-order valence-corrected chi connectivity index (χ0v) is 13.4. The molecule has 2 N–H and O–H groups in total. The first-order chi connectivity index (χ1) is 8.85. The maximum Gasteiger partial charge on any atom is 0.263 e. The molecule has 1 fully saturated rings. The van der Waals surface area contributed by atoms with Gasteiger partial charge in [0.2, 0.25) is 5.03 Å². The molecule has 1 saturated heterocycles. The molecule has 2 atom stereocenters. The molecule has 1 aromatic heterocycles. The van der Waals surface area contributed by atoms with Gasteiger partial charge in [0, 0.05) is 25.7 Å². The van der Waals surface area contributed by atoms with Crippen molar-refractivity contribution < 1.29 is 8.42 Å². The van der Waals surface area contributed by atoms with E-state index in [-0.39, 0.29) is 21.7 Å². The molecule has 1 aliphatic heterocycles. The molecule has 2 unspecified atom stereocenters. The van der Waals surface area contributed by atoms with Crippen molar-refractivity contribution in [3.8, 4) is 0 Å². The monoisotopic (exact) mass is 351 g/mol. The molecule has 1 aliphatic rings. The van der Waals surface area contributed by atoms with Gasteiger partial charge in [-0.25, -0.2) is 13.1 Å². The molecule has 0 aliphatic carbocycles. The third kappa shape index (κ3) is 2.69. The molecule has 0 amide bonds. The van der Waals surface area contributed by atoms with E-state index in [1.165, 1.54) is 8.99 Å². The van der Waals surface area contributed by atoms with Crippen molar-refractivity contribution in [3.63, 3.8) is 0 Å². The normalized spacial score (nSPS) is 23.5. The molecule has 0 saturated carbocycles. The first kappa shape index (κ1) is 14.9. The number of piperidine rings is 1. The zero-order chi connectivity index (χ0) is 14.2. The van der Waals surface area contributed by atoms with Crippen LogP contribution in [-0.2, 0) is 17.1 Å². The van der Waals surface area contributed by atoms with Gasteiger partial charge in [0.25, 0.3) is 10.0 Å². The second-order valence-electron chi connectivity index (χ2n) is 4.85. The van der Waals surface area contributed by atoms with Gasteiger partial charge >= 0.3 is 0 Å². The summed E-state index contributed by atoms with van der Waals surface area (Å²) in [5.41, 5.74) is 5.93. The quantitative estimate of drug-likeness (QED) is 0.853. The lowest BCUT2D eigenvalue weighted by Gasteiger charge is -2.36. The van der Waals surface area contributed by atoms with E-state index in [9.17, 15) is 8.42 Å². The summed E-state index contributed by atoms with van der Waals surface area (Å²) in [4.78, 5) is 0. The Kier molecular flexibility index (Phi) is 4.29. The van der Waals surface area contributed by atoms with Crippen molar-refractivity contribution >= 4 is 26.0 Å². The molecule has 0 aromatic carbocycles. The Hall–Kier alpha value is -0.510. The van der Waals surface area contributed by atoms with Crippen molar-refractivity contribution in [3.05, 3.63) is 4.60 Å². The van der Waals surface area contributed by atoms with Crippen LogP contribution in [0.3, 0.4) is 0 Å². The van der Waals surface area contributed by atoms with Crippen LogP contribution >= 0.6 is 15.9 Å². The molecule has 0 spiro atoms. The number of hydrogen-bond acceptors (Lipinski definition) is 5. The van der Waals surface area contributed by atoms with Gasteiger partial charge in [0.1, 0.15) is 0 Å². The summed E-state index contributed by atoms with van der Waals surface area (Å²) in [6.45, 7) is 2.33. The fraction of sp³-hybridized carbons (Fsp3) is 0.800. The molecule has 0 radical (unpaired) electrons. The first-order valence-electron chi connectivity index (χ1n) is 6.18. The average molecular weight is 352 g/mol. The number of aromatic nitrogens is 3. The van der Waals surface area contributed by atoms with E-state index >= 15 is 0 Å². The summed E-state index contributed by atoms with van der Waals surface area (Å²) in [7, 11) is -2.06. The summed E-state index contributed by atoms with van der Waals surface area (Å²) >= 11 is 3.14. The lowest BCUT2D eigenvalue weighted by molar-refractivity contribution is 0.226. The first-order valence-corrected chi connectivity index (χ1v) is 8.41. The molecule has 7 nitrogen and oxygen atoms in total. The van der Waals surface area contributed by atoms with Crippen molar-refractivity contribution in [2.45, 2.75) is 43.3 Å². The highest BCUT2D eigenvalue weighted by molar-refractivity contribution is 9.10. The summed E-state index contributed by atoms with van der Waals surface area (Å²) in [5.74, 6) is 0. The molecule has 2 rings (SSSR count). The Labute approximate surface area is 121 Å². The smallest absolute Gasteiger partial charge is 0.263 e. The van der Waals surface area contributed by atoms with E-state index in [0.717, 1.165) is 19.3 Å². The minimum Gasteiger partial charge on any atom is -0.326 e. The molecular formula is C10H18BrN5O2S. The van der Waals surface area contributed by atoms with Gasteiger partial charge in [-0.15, -0.1) is 5.10 Å². The van der Waals surface area contributed by atoms with Gasteiger partial charge in [-0.3, -0.25) is 0 Å². The van der Waals surface area contributed by atoms with Crippen LogP contribution in [0.1, 0.15) is 26.2 Å². The topological polar surface area (TPSA) is 94.1 Å². The van der Waals surface area contributed by atoms with Crippen molar-refractivity contribution in [1.82, 2.24) is 19.3 Å². The van der Waals surface area contributed by atoms with Crippen LogP contribution in [0.5, 0.6) is 0 Å². The lowest BCUT2D eigenvalue weighted by Crippen LogP contribution is -2.51.